The molecule has 68 heavy (non-hydrogen) atoms. The first-order valence-corrected chi connectivity index (χ1v) is 24.1. The summed E-state index contributed by atoms with van der Waals surface area (Å²) in [5.41, 5.74) is 0.775. The van der Waals surface area contributed by atoms with Crippen LogP contribution in [0.4, 0.5) is 0 Å². The number of aliphatic imine (C=N–C) groups is 1. The summed E-state index contributed by atoms with van der Waals surface area (Å²) < 4.78 is 12.0. The number of carboxylic acid groups (broad SMARTS) is 1. The minimum Gasteiger partial charge on any atom is -0.480 e. The highest BCUT2D eigenvalue weighted by atomic mass is 16.5. The standard InChI is InChI=1S/C50H80N8O10/c1-13-34(4)45(39(67-11)32-43(62)57-28-20-23-38(57)46(68-12)35(5)47(63)51-37(49(65)66)31-36-21-16-14-17-22-36)56(10)48(64)44(33(2)3)52-50(53(6)7)55(9)30-29-54(8)40(59)24-18-15-19-27-58-41(60)25-26-42(58)61/h14,16-17,21-22,25-26,33-35,37-39,44-46H,13,15,18-20,23-24,27-32H2,1-12H3,(H,51,63)(H,65,66)/b52-50+/t34-,35+,37-,38-,39+,44-,45-,46+/m0/s1. The number of carboxylic acids is 1. The van der Waals surface area contributed by atoms with E-state index in [-0.39, 0.29) is 54.2 Å². The van der Waals surface area contributed by atoms with Gasteiger partial charge in [-0.15, -0.1) is 0 Å². The fourth-order valence-corrected chi connectivity index (χ4v) is 9.13. The zero-order valence-corrected chi connectivity index (χ0v) is 42.7. The third kappa shape index (κ3) is 15.9. The normalized spacial score (nSPS) is 18.2. The molecule has 0 bridgehead atoms. The maximum Gasteiger partial charge on any atom is 0.326 e. The lowest BCUT2D eigenvalue weighted by atomic mass is 9.89. The van der Waals surface area contributed by atoms with Crippen molar-refractivity contribution < 1.29 is 48.1 Å². The third-order valence-corrected chi connectivity index (χ3v) is 13.4. The van der Waals surface area contributed by atoms with Crippen LogP contribution in [0.3, 0.4) is 0 Å². The molecule has 0 aromatic heterocycles. The van der Waals surface area contributed by atoms with Gasteiger partial charge in [-0.1, -0.05) is 77.8 Å². The minimum absolute atomic E-state index is 0.0163. The molecule has 18 heteroatoms. The Labute approximate surface area is 404 Å². The van der Waals surface area contributed by atoms with E-state index < -0.39 is 54.2 Å². The van der Waals surface area contributed by atoms with Crippen LogP contribution in [0.25, 0.3) is 0 Å². The van der Waals surface area contributed by atoms with Crippen LogP contribution in [0.1, 0.15) is 91.5 Å². The van der Waals surface area contributed by atoms with Gasteiger partial charge in [-0.2, -0.15) is 0 Å². The Hall–Kier alpha value is -5.36. The van der Waals surface area contributed by atoms with Crippen molar-refractivity contribution in [2.75, 3.05) is 75.6 Å². The van der Waals surface area contributed by atoms with E-state index in [2.05, 4.69) is 5.32 Å². The van der Waals surface area contributed by atoms with Crippen LogP contribution in [-0.4, -0.2) is 194 Å². The predicted octanol–water partition coefficient (Wildman–Crippen LogP) is 3.54. The second-order valence-electron chi connectivity index (χ2n) is 18.9. The quantitative estimate of drug-likeness (QED) is 0.0564. The monoisotopic (exact) mass is 953 g/mol. The fraction of sp³-hybridized carbons (Fsp3) is 0.680. The number of nitrogens with zero attached hydrogens (tertiary/aromatic N) is 7. The van der Waals surface area contributed by atoms with Crippen molar-refractivity contribution in [2.24, 2.45) is 22.7 Å². The highest BCUT2D eigenvalue weighted by Crippen LogP contribution is 2.30. The number of likely N-dealkylation sites (N-methyl/N-ethyl adjacent to an activating group) is 3. The van der Waals surface area contributed by atoms with Gasteiger partial charge in [-0.05, 0) is 43.1 Å². The zero-order chi connectivity index (χ0) is 50.8. The topological polar surface area (TPSA) is 202 Å². The molecule has 2 aliphatic rings. The first-order valence-electron chi connectivity index (χ1n) is 24.1. The number of benzene rings is 1. The Morgan fingerprint density at radius 2 is 1.51 bits per heavy atom. The predicted molar refractivity (Wildman–Crippen MR) is 260 cm³/mol. The third-order valence-electron chi connectivity index (χ3n) is 13.4. The number of ether oxygens (including phenoxy) is 2. The van der Waals surface area contributed by atoms with Gasteiger partial charge in [0.15, 0.2) is 5.96 Å². The maximum absolute atomic E-state index is 14.7. The van der Waals surface area contributed by atoms with Crippen LogP contribution >= 0.6 is 0 Å². The lowest BCUT2D eigenvalue weighted by Gasteiger charge is -2.40. The van der Waals surface area contributed by atoms with Crippen molar-refractivity contribution >= 4 is 47.4 Å². The summed E-state index contributed by atoms with van der Waals surface area (Å²) in [5.74, 6) is -3.14. The van der Waals surface area contributed by atoms with E-state index in [9.17, 15) is 38.7 Å². The van der Waals surface area contributed by atoms with Gasteiger partial charge in [0.2, 0.25) is 23.6 Å². The van der Waals surface area contributed by atoms with E-state index >= 15 is 0 Å². The minimum atomic E-state index is -1.15. The number of imide groups is 1. The summed E-state index contributed by atoms with van der Waals surface area (Å²) in [7, 11) is 12.1. The Morgan fingerprint density at radius 1 is 0.882 bits per heavy atom. The number of aliphatic carboxylic acids is 1. The van der Waals surface area contributed by atoms with Gasteiger partial charge in [0.05, 0.1) is 36.6 Å². The Bertz CT molecular complexity index is 1890. The van der Waals surface area contributed by atoms with E-state index in [1.807, 2.05) is 89.0 Å². The molecule has 2 N–H and O–H groups in total. The summed E-state index contributed by atoms with van der Waals surface area (Å²) in [6.07, 6.45) is 5.53. The second-order valence-corrected chi connectivity index (χ2v) is 18.9. The van der Waals surface area contributed by atoms with Crippen molar-refractivity contribution in [3.8, 4) is 0 Å². The molecule has 3 rings (SSSR count). The average Bonchev–Trinajstić information content (AvgIpc) is 3.92. The Balaban J connectivity index is 1.70. The molecule has 380 valence electrons. The molecule has 2 aliphatic heterocycles. The highest BCUT2D eigenvalue weighted by Gasteiger charge is 2.43. The molecule has 0 aliphatic carbocycles. The van der Waals surface area contributed by atoms with Crippen molar-refractivity contribution in [1.29, 1.82) is 0 Å². The van der Waals surface area contributed by atoms with Crippen LogP contribution in [0.5, 0.6) is 0 Å². The molecule has 0 saturated carbocycles. The van der Waals surface area contributed by atoms with Gasteiger partial charge in [-0.3, -0.25) is 33.7 Å². The number of hydrogen-bond acceptors (Lipinski definition) is 10. The van der Waals surface area contributed by atoms with E-state index in [0.717, 1.165) is 5.56 Å². The fourth-order valence-electron chi connectivity index (χ4n) is 9.13. The SMILES string of the molecule is CC[C@H](C)[C@@H]([C@@H](CC(=O)N1CCC[C@H]1[C@H](OC)[C@@H](C)C(=O)N[C@@H](Cc1ccccc1)C(=O)O)OC)N(C)C(=O)[C@@H](/N=C(\N(C)C)N(C)CCN(C)C(=O)CCCCCN1C(=O)C=CC1=O)C(C)C. The summed E-state index contributed by atoms with van der Waals surface area (Å²) in [6.45, 7) is 11.3. The van der Waals surface area contributed by atoms with Gasteiger partial charge >= 0.3 is 5.97 Å². The molecule has 1 saturated heterocycles. The van der Waals surface area contributed by atoms with E-state index in [1.165, 1.54) is 24.2 Å². The van der Waals surface area contributed by atoms with Crippen molar-refractivity contribution in [2.45, 2.75) is 129 Å². The Morgan fingerprint density at radius 3 is 2.07 bits per heavy atom. The zero-order valence-electron chi connectivity index (χ0n) is 42.7. The number of likely N-dealkylation sites (tertiary alicyclic amines) is 1. The Kier molecular flexibility index (Phi) is 23.1. The van der Waals surface area contributed by atoms with Gasteiger partial charge in [-0.25, -0.2) is 9.79 Å². The molecular formula is C50H80N8O10. The molecule has 0 radical (unpaired) electrons. The highest BCUT2D eigenvalue weighted by molar-refractivity contribution is 6.12. The van der Waals surface area contributed by atoms with Crippen LogP contribution in [0.2, 0.25) is 0 Å². The van der Waals surface area contributed by atoms with Gasteiger partial charge in [0, 0.05) is 101 Å². The lowest BCUT2D eigenvalue weighted by Crippen LogP contribution is -2.55. The van der Waals surface area contributed by atoms with Gasteiger partial charge in [0.1, 0.15) is 12.1 Å². The van der Waals surface area contributed by atoms with Gasteiger partial charge in [0.25, 0.3) is 11.8 Å². The summed E-state index contributed by atoms with van der Waals surface area (Å²) >= 11 is 0. The summed E-state index contributed by atoms with van der Waals surface area (Å²) in [6, 6.07) is 6.21. The molecular weight excluding hydrogens is 873 g/mol. The molecule has 6 amide bonds. The van der Waals surface area contributed by atoms with E-state index in [0.29, 0.717) is 77.1 Å². The first kappa shape index (κ1) is 57.0. The maximum atomic E-state index is 14.7. The number of rotatable bonds is 27. The van der Waals surface area contributed by atoms with E-state index in [4.69, 9.17) is 14.5 Å². The molecule has 8 atom stereocenters. The van der Waals surface area contributed by atoms with Gasteiger partial charge < -0.3 is 44.4 Å². The van der Waals surface area contributed by atoms with Crippen LogP contribution in [0, 0.1) is 17.8 Å². The van der Waals surface area contributed by atoms with Crippen molar-refractivity contribution in [1.82, 2.24) is 34.7 Å². The van der Waals surface area contributed by atoms with Crippen LogP contribution in [0.15, 0.2) is 47.5 Å². The number of hydrogen-bond donors (Lipinski definition) is 2. The molecule has 1 aromatic carbocycles. The number of amides is 6. The van der Waals surface area contributed by atoms with Crippen LogP contribution < -0.4 is 5.32 Å². The summed E-state index contributed by atoms with van der Waals surface area (Å²) in [5, 5.41) is 12.6. The number of carbonyl (C=O) groups excluding carboxylic acids is 6. The number of unbranched alkanes of at least 4 members (excludes halogenated alkanes) is 2. The number of carbonyl (C=O) groups is 7. The molecule has 1 fully saturated rings. The van der Waals surface area contributed by atoms with E-state index in [1.54, 1.807) is 42.8 Å². The molecule has 0 unspecified atom stereocenters. The first-order chi connectivity index (χ1) is 32.2. The molecule has 2 heterocycles. The number of methoxy groups -OCH3 is 2. The number of guanidine groups is 1. The number of nitrogens with one attached hydrogen (secondary N) is 1. The lowest BCUT2D eigenvalue weighted by molar-refractivity contribution is -0.147. The molecule has 1 aromatic rings. The van der Waals surface area contributed by atoms with Crippen molar-refractivity contribution in [3.05, 3.63) is 48.0 Å². The molecule has 0 spiro atoms. The smallest absolute Gasteiger partial charge is 0.326 e. The largest absolute Gasteiger partial charge is 0.480 e. The van der Waals surface area contributed by atoms with Crippen LogP contribution in [-0.2, 0) is 49.5 Å². The second kappa shape index (κ2) is 27.6. The molecule has 18 nitrogen and oxygen atoms in total. The van der Waals surface area contributed by atoms with Crippen molar-refractivity contribution in [3.63, 3.8) is 0 Å². The average molecular weight is 953 g/mol. The summed E-state index contributed by atoms with van der Waals surface area (Å²) in [4.78, 5) is 107.